The van der Waals surface area contributed by atoms with Crippen LogP contribution in [0.1, 0.15) is 34.6 Å². The number of nitrogens with one attached hydrogen (secondary N) is 3. The standard InChI is InChI=1S/C24H24F3N5O3/c1-13(10-28)30-16-5-3-15(19(8-16)24(25,26)27)12-35-20-6-4-14(7-21(20)34-2)17-9-22(33)31-23-18(17)11-29-32-23/h3-8,11,17,30H,1,9-10,12,28H2,2H3,(H2,29,31,32,33). The van der Waals surface area contributed by atoms with Crippen molar-refractivity contribution in [3.63, 3.8) is 0 Å². The summed E-state index contributed by atoms with van der Waals surface area (Å²) in [5.74, 6) is 0.667. The molecule has 11 heteroatoms. The van der Waals surface area contributed by atoms with E-state index in [1.807, 2.05) is 0 Å². The minimum atomic E-state index is -4.59. The average molecular weight is 487 g/mol. The number of methoxy groups -OCH3 is 1. The van der Waals surface area contributed by atoms with Crippen molar-refractivity contribution < 1.29 is 27.4 Å². The number of hydrogen-bond donors (Lipinski definition) is 4. The molecule has 0 radical (unpaired) electrons. The maximum absolute atomic E-state index is 13.7. The normalized spacial score (nSPS) is 15.2. The fraction of sp³-hybridized carbons (Fsp3) is 0.250. The highest BCUT2D eigenvalue weighted by molar-refractivity contribution is 5.94. The predicted molar refractivity (Wildman–Crippen MR) is 124 cm³/mol. The van der Waals surface area contributed by atoms with Crippen LogP contribution >= 0.6 is 0 Å². The third-order valence-electron chi connectivity index (χ3n) is 5.65. The van der Waals surface area contributed by atoms with E-state index in [1.165, 1.54) is 19.2 Å². The SMILES string of the molecule is C=C(CN)Nc1ccc(COc2ccc(C3CC(=O)Nc4n[nH]cc43)cc2OC)c(C(F)(F)F)c1. The first-order valence-electron chi connectivity index (χ1n) is 10.7. The van der Waals surface area contributed by atoms with Crippen LogP contribution in [0.25, 0.3) is 0 Å². The first-order valence-corrected chi connectivity index (χ1v) is 10.7. The van der Waals surface area contributed by atoms with Crippen molar-refractivity contribution in [2.24, 2.45) is 5.73 Å². The zero-order chi connectivity index (χ0) is 25.2. The first-order chi connectivity index (χ1) is 16.7. The van der Waals surface area contributed by atoms with E-state index in [2.05, 4.69) is 27.4 Å². The zero-order valence-electron chi connectivity index (χ0n) is 18.8. The van der Waals surface area contributed by atoms with Gasteiger partial charge in [0.1, 0.15) is 6.61 Å². The molecule has 0 saturated carbocycles. The lowest BCUT2D eigenvalue weighted by Crippen LogP contribution is -2.23. The minimum absolute atomic E-state index is 0.0421. The van der Waals surface area contributed by atoms with Crippen LogP contribution in [-0.4, -0.2) is 29.8 Å². The quantitative estimate of drug-likeness (QED) is 0.375. The van der Waals surface area contributed by atoms with Gasteiger partial charge in [0.15, 0.2) is 17.3 Å². The summed E-state index contributed by atoms with van der Waals surface area (Å²) in [6.07, 6.45) is -2.64. The van der Waals surface area contributed by atoms with Crippen molar-refractivity contribution in [3.05, 3.63) is 77.1 Å². The molecule has 1 unspecified atom stereocenters. The molecule has 2 aromatic carbocycles. The van der Waals surface area contributed by atoms with Crippen molar-refractivity contribution in [1.82, 2.24) is 10.2 Å². The minimum Gasteiger partial charge on any atom is -0.493 e. The van der Waals surface area contributed by atoms with Gasteiger partial charge in [-0.1, -0.05) is 18.7 Å². The summed E-state index contributed by atoms with van der Waals surface area (Å²) in [4.78, 5) is 12.1. The van der Waals surface area contributed by atoms with E-state index in [9.17, 15) is 18.0 Å². The molecule has 0 aliphatic carbocycles. The number of hydrogen-bond acceptors (Lipinski definition) is 6. The predicted octanol–water partition coefficient (Wildman–Crippen LogP) is 4.37. The molecule has 0 spiro atoms. The second-order valence-corrected chi connectivity index (χ2v) is 8.00. The topological polar surface area (TPSA) is 114 Å². The average Bonchev–Trinajstić information content (AvgIpc) is 3.30. The molecular formula is C24H24F3N5O3. The van der Waals surface area contributed by atoms with Crippen LogP contribution in [0.5, 0.6) is 11.5 Å². The van der Waals surface area contributed by atoms with Gasteiger partial charge in [-0.15, -0.1) is 0 Å². The van der Waals surface area contributed by atoms with Gasteiger partial charge in [0.05, 0.1) is 12.7 Å². The second kappa shape index (κ2) is 9.71. The van der Waals surface area contributed by atoms with E-state index >= 15 is 0 Å². The number of nitrogens with zero attached hydrogens (tertiary/aromatic N) is 1. The van der Waals surface area contributed by atoms with Crippen molar-refractivity contribution in [3.8, 4) is 11.5 Å². The number of alkyl halides is 3. The smallest absolute Gasteiger partial charge is 0.416 e. The molecule has 1 aliphatic heterocycles. The van der Waals surface area contributed by atoms with Gasteiger partial charge in [-0.25, -0.2) is 0 Å². The Kier molecular flexibility index (Phi) is 6.70. The van der Waals surface area contributed by atoms with Gasteiger partial charge >= 0.3 is 6.18 Å². The monoisotopic (exact) mass is 487 g/mol. The lowest BCUT2D eigenvalue weighted by molar-refractivity contribution is -0.138. The van der Waals surface area contributed by atoms with Gasteiger partial charge in [0.25, 0.3) is 0 Å². The van der Waals surface area contributed by atoms with Crippen LogP contribution in [0.4, 0.5) is 24.7 Å². The van der Waals surface area contributed by atoms with Gasteiger partial charge in [-0.05, 0) is 29.8 Å². The third-order valence-corrected chi connectivity index (χ3v) is 5.65. The Bertz CT molecular complexity index is 1260. The summed E-state index contributed by atoms with van der Waals surface area (Å²) < 4.78 is 52.3. The molecule has 184 valence electrons. The van der Waals surface area contributed by atoms with Crippen molar-refractivity contribution in [2.75, 3.05) is 24.3 Å². The molecule has 5 N–H and O–H groups in total. The zero-order valence-corrected chi connectivity index (χ0v) is 18.8. The fourth-order valence-electron chi connectivity index (χ4n) is 3.92. The summed E-state index contributed by atoms with van der Waals surface area (Å²) in [5, 5.41) is 12.2. The summed E-state index contributed by atoms with van der Waals surface area (Å²) in [6, 6.07) is 8.94. The molecule has 0 saturated heterocycles. The number of carbonyl (C=O) groups is 1. The molecular weight excluding hydrogens is 463 g/mol. The van der Waals surface area contributed by atoms with Crippen LogP contribution in [0, 0.1) is 0 Å². The number of rotatable bonds is 8. The van der Waals surface area contributed by atoms with E-state index in [0.717, 1.165) is 17.2 Å². The first kappa shape index (κ1) is 24.1. The number of carbonyl (C=O) groups excluding carboxylic acids is 1. The maximum atomic E-state index is 13.7. The summed E-state index contributed by atoms with van der Waals surface area (Å²) in [7, 11) is 1.44. The maximum Gasteiger partial charge on any atom is 0.416 e. The number of ether oxygens (including phenoxy) is 2. The molecule has 0 bridgehead atoms. The number of aromatic nitrogens is 2. The van der Waals surface area contributed by atoms with Crippen LogP contribution in [0.2, 0.25) is 0 Å². The molecule has 1 atom stereocenters. The molecule has 8 nitrogen and oxygen atoms in total. The van der Waals surface area contributed by atoms with Crippen LogP contribution in [-0.2, 0) is 17.6 Å². The van der Waals surface area contributed by atoms with Crippen LogP contribution in [0.3, 0.4) is 0 Å². The Morgan fingerprint density at radius 2 is 2.06 bits per heavy atom. The molecule has 1 amide bonds. The van der Waals surface area contributed by atoms with E-state index in [4.69, 9.17) is 15.2 Å². The highest BCUT2D eigenvalue weighted by Crippen LogP contribution is 2.40. The van der Waals surface area contributed by atoms with Crippen LogP contribution in [0.15, 0.2) is 54.9 Å². The summed E-state index contributed by atoms with van der Waals surface area (Å²) in [6.45, 7) is 3.41. The van der Waals surface area contributed by atoms with Gasteiger partial charge in [-0.2, -0.15) is 18.3 Å². The van der Waals surface area contributed by atoms with Gasteiger partial charge in [0.2, 0.25) is 5.91 Å². The lowest BCUT2D eigenvalue weighted by Gasteiger charge is -2.23. The fourth-order valence-corrected chi connectivity index (χ4v) is 3.92. The number of anilines is 2. The van der Waals surface area contributed by atoms with E-state index in [-0.39, 0.29) is 48.4 Å². The number of nitrogens with two attached hydrogens (primary N) is 1. The van der Waals surface area contributed by atoms with E-state index < -0.39 is 11.7 Å². The summed E-state index contributed by atoms with van der Waals surface area (Å²) >= 11 is 0. The van der Waals surface area contributed by atoms with Crippen LogP contribution < -0.4 is 25.8 Å². The molecule has 1 aromatic heterocycles. The number of H-pyrrole nitrogens is 1. The number of halogens is 3. The Morgan fingerprint density at radius 1 is 1.26 bits per heavy atom. The Morgan fingerprint density at radius 3 is 2.77 bits per heavy atom. The third kappa shape index (κ3) is 5.24. The molecule has 1 aliphatic rings. The molecule has 35 heavy (non-hydrogen) atoms. The number of aromatic amines is 1. The Hall–Kier alpha value is -3.99. The highest BCUT2D eigenvalue weighted by atomic mass is 19.4. The molecule has 3 aromatic rings. The lowest BCUT2D eigenvalue weighted by atomic mass is 9.87. The van der Waals surface area contributed by atoms with Crippen molar-refractivity contribution >= 4 is 17.4 Å². The second-order valence-electron chi connectivity index (χ2n) is 8.00. The number of fused-ring (bicyclic) bond motifs is 1. The van der Waals surface area contributed by atoms with Gasteiger partial charge in [-0.3, -0.25) is 9.89 Å². The Labute approximate surface area is 199 Å². The largest absolute Gasteiger partial charge is 0.493 e. The molecule has 0 fully saturated rings. The van der Waals surface area contributed by atoms with E-state index in [1.54, 1.807) is 24.4 Å². The molecule has 2 heterocycles. The van der Waals surface area contributed by atoms with Gasteiger partial charge in [0, 0.05) is 47.6 Å². The van der Waals surface area contributed by atoms with Crippen molar-refractivity contribution in [2.45, 2.75) is 25.1 Å². The highest BCUT2D eigenvalue weighted by Gasteiger charge is 2.34. The van der Waals surface area contributed by atoms with Crippen molar-refractivity contribution in [1.29, 1.82) is 0 Å². The Balaban J connectivity index is 1.57. The van der Waals surface area contributed by atoms with Gasteiger partial charge < -0.3 is 25.8 Å². The number of amides is 1. The summed E-state index contributed by atoms with van der Waals surface area (Å²) in [5.41, 5.74) is 6.83. The number of benzene rings is 2. The molecule has 4 rings (SSSR count). The van der Waals surface area contributed by atoms with E-state index in [0.29, 0.717) is 17.3 Å².